The zero-order chi connectivity index (χ0) is 16.8. The van der Waals surface area contributed by atoms with Crippen LogP contribution in [0.3, 0.4) is 0 Å². The Morgan fingerprint density at radius 3 is 2.52 bits per heavy atom. The van der Waals surface area contributed by atoms with Gasteiger partial charge in [-0.2, -0.15) is 0 Å². The average Bonchev–Trinajstić information content (AvgIpc) is 3.39. The van der Waals surface area contributed by atoms with Crippen LogP contribution >= 0.6 is 0 Å². The summed E-state index contributed by atoms with van der Waals surface area (Å²) in [6, 6.07) is -0.154. The Kier molecular flexibility index (Phi) is 4.20. The number of esters is 1. The highest BCUT2D eigenvalue weighted by atomic mass is 16.5. The molecule has 3 rings (SSSR count). The predicted octanol–water partition coefficient (Wildman–Crippen LogP) is 1.95. The number of hydrogen-bond donors (Lipinski definition) is 1. The van der Waals surface area contributed by atoms with E-state index in [1.807, 2.05) is 20.8 Å². The van der Waals surface area contributed by atoms with Crippen molar-refractivity contribution in [3.8, 4) is 0 Å². The van der Waals surface area contributed by atoms with E-state index >= 15 is 0 Å². The van der Waals surface area contributed by atoms with E-state index in [0.717, 1.165) is 12.5 Å². The van der Waals surface area contributed by atoms with Crippen molar-refractivity contribution in [3.63, 3.8) is 0 Å². The van der Waals surface area contributed by atoms with E-state index in [1.165, 1.54) is 25.7 Å². The van der Waals surface area contributed by atoms with Crippen molar-refractivity contribution >= 4 is 11.9 Å². The van der Waals surface area contributed by atoms with E-state index in [9.17, 15) is 9.59 Å². The molecule has 3 fully saturated rings. The van der Waals surface area contributed by atoms with Gasteiger partial charge < -0.3 is 10.1 Å². The molecule has 3 aliphatic rings. The Balaban J connectivity index is 1.45. The number of hydrogen-bond acceptors (Lipinski definition) is 4. The van der Waals surface area contributed by atoms with Crippen LogP contribution in [0.4, 0.5) is 0 Å². The fourth-order valence-electron chi connectivity index (χ4n) is 4.65. The van der Waals surface area contributed by atoms with Gasteiger partial charge in [0.1, 0.15) is 6.54 Å². The van der Waals surface area contributed by atoms with Gasteiger partial charge in [0.05, 0.1) is 12.6 Å². The van der Waals surface area contributed by atoms with Gasteiger partial charge >= 0.3 is 5.97 Å². The van der Waals surface area contributed by atoms with E-state index in [4.69, 9.17) is 4.74 Å². The Labute approximate surface area is 139 Å². The first-order valence-corrected chi connectivity index (χ1v) is 9.06. The molecule has 23 heavy (non-hydrogen) atoms. The predicted molar refractivity (Wildman–Crippen MR) is 87.8 cm³/mol. The molecule has 2 spiro atoms. The van der Waals surface area contributed by atoms with Crippen molar-refractivity contribution in [2.24, 2.45) is 17.3 Å². The van der Waals surface area contributed by atoms with E-state index in [-0.39, 0.29) is 24.5 Å². The fraction of sp³-hybridized carbons (Fsp3) is 0.889. The molecule has 5 heteroatoms. The molecule has 0 aromatic rings. The lowest BCUT2D eigenvalue weighted by Gasteiger charge is -2.54. The van der Waals surface area contributed by atoms with Crippen molar-refractivity contribution < 1.29 is 14.3 Å². The number of amides is 1. The first kappa shape index (κ1) is 16.7. The molecule has 0 aromatic heterocycles. The Hall–Kier alpha value is -1.10. The number of carbonyl (C=O) groups is 2. The molecule has 130 valence electrons. The molecular formula is C18H30N2O3. The molecule has 0 aromatic carbocycles. The summed E-state index contributed by atoms with van der Waals surface area (Å²) in [4.78, 5) is 26.3. The third kappa shape index (κ3) is 2.67. The minimum absolute atomic E-state index is 0.0283. The lowest BCUT2D eigenvalue weighted by Crippen LogP contribution is -2.66. The third-order valence-electron chi connectivity index (χ3n) is 6.21. The molecule has 2 unspecified atom stereocenters. The summed E-state index contributed by atoms with van der Waals surface area (Å²) in [6.45, 7) is 9.65. The average molecular weight is 322 g/mol. The number of rotatable bonds is 7. The Bertz CT molecular complexity index is 500. The summed E-state index contributed by atoms with van der Waals surface area (Å²) in [5, 5.41) is 2.74. The Morgan fingerprint density at radius 2 is 2.00 bits per heavy atom. The lowest BCUT2D eigenvalue weighted by atomic mass is 9.78. The van der Waals surface area contributed by atoms with Crippen LogP contribution in [0.15, 0.2) is 0 Å². The number of nitrogens with zero attached hydrogens (tertiary/aromatic N) is 1. The van der Waals surface area contributed by atoms with Crippen LogP contribution < -0.4 is 5.32 Å². The maximum atomic E-state index is 12.4. The van der Waals surface area contributed by atoms with E-state index in [1.54, 1.807) is 0 Å². The highest BCUT2D eigenvalue weighted by Crippen LogP contribution is 2.77. The largest absolute Gasteiger partial charge is 0.464 e. The summed E-state index contributed by atoms with van der Waals surface area (Å²) >= 11 is 0. The maximum Gasteiger partial charge on any atom is 0.325 e. The third-order valence-corrected chi connectivity index (χ3v) is 6.21. The fourth-order valence-corrected chi connectivity index (χ4v) is 4.65. The first-order valence-electron chi connectivity index (χ1n) is 9.06. The van der Waals surface area contributed by atoms with Crippen LogP contribution in [0.5, 0.6) is 0 Å². The van der Waals surface area contributed by atoms with Crippen molar-refractivity contribution in [1.82, 2.24) is 10.2 Å². The van der Waals surface area contributed by atoms with Crippen LogP contribution in [-0.2, 0) is 14.3 Å². The van der Waals surface area contributed by atoms with Gasteiger partial charge in [-0.3, -0.25) is 14.5 Å². The van der Waals surface area contributed by atoms with Crippen LogP contribution in [0.2, 0.25) is 0 Å². The topological polar surface area (TPSA) is 58.6 Å². The van der Waals surface area contributed by atoms with Gasteiger partial charge in [0.2, 0.25) is 5.91 Å². The zero-order valence-electron chi connectivity index (χ0n) is 14.9. The number of ether oxygens (including phenoxy) is 1. The van der Waals surface area contributed by atoms with Gasteiger partial charge in [-0.15, -0.1) is 0 Å². The van der Waals surface area contributed by atoms with Gasteiger partial charge in [-0.1, -0.05) is 27.2 Å². The monoisotopic (exact) mass is 322 g/mol. The van der Waals surface area contributed by atoms with Crippen molar-refractivity contribution in [2.45, 2.75) is 65.0 Å². The van der Waals surface area contributed by atoms with Gasteiger partial charge in [-0.25, -0.2) is 0 Å². The smallest absolute Gasteiger partial charge is 0.325 e. The van der Waals surface area contributed by atoms with Gasteiger partial charge in [-0.05, 0) is 38.0 Å². The summed E-state index contributed by atoms with van der Waals surface area (Å²) in [6.07, 6.45) is 5.07. The minimum Gasteiger partial charge on any atom is -0.464 e. The quantitative estimate of drug-likeness (QED) is 0.728. The van der Waals surface area contributed by atoms with E-state index in [2.05, 4.69) is 17.1 Å². The lowest BCUT2D eigenvalue weighted by molar-refractivity contribution is -0.147. The van der Waals surface area contributed by atoms with E-state index < -0.39 is 0 Å². The molecule has 5 nitrogen and oxygen atoms in total. The number of fused-ring (bicyclic) bond motifs is 1. The minimum atomic E-state index is -0.353. The second-order valence-corrected chi connectivity index (χ2v) is 8.10. The highest BCUT2D eigenvalue weighted by molar-refractivity contribution is 5.85. The number of carbonyl (C=O) groups excluding carboxylic acids is 2. The molecule has 3 atom stereocenters. The molecule has 1 saturated heterocycles. The Morgan fingerprint density at radius 1 is 1.30 bits per heavy atom. The summed E-state index contributed by atoms with van der Waals surface area (Å²) < 4.78 is 5.09. The van der Waals surface area contributed by atoms with Crippen LogP contribution in [0.1, 0.15) is 53.4 Å². The molecule has 2 aliphatic carbocycles. The second kappa shape index (κ2) is 5.76. The molecule has 1 amide bonds. The molecule has 2 saturated carbocycles. The molecule has 0 radical (unpaired) electrons. The van der Waals surface area contributed by atoms with E-state index in [0.29, 0.717) is 23.5 Å². The van der Waals surface area contributed by atoms with Crippen LogP contribution in [0, 0.1) is 17.3 Å². The van der Waals surface area contributed by atoms with Crippen molar-refractivity contribution in [1.29, 1.82) is 0 Å². The van der Waals surface area contributed by atoms with Gasteiger partial charge in [0.25, 0.3) is 0 Å². The SMILES string of the molecule is CCC1CC12CN([C@H](C)C(=O)NCC(=O)OCC(C)C)C21CC1. The molecular weight excluding hydrogens is 292 g/mol. The second-order valence-electron chi connectivity index (χ2n) is 8.10. The van der Waals surface area contributed by atoms with Gasteiger partial charge in [0, 0.05) is 17.5 Å². The normalized spacial score (nSPS) is 31.8. The zero-order valence-corrected chi connectivity index (χ0v) is 14.9. The summed E-state index contributed by atoms with van der Waals surface area (Å²) in [5.74, 6) is 0.767. The number of nitrogens with one attached hydrogen (secondary N) is 1. The summed E-state index contributed by atoms with van der Waals surface area (Å²) in [5.41, 5.74) is 0.828. The van der Waals surface area contributed by atoms with Crippen molar-refractivity contribution in [2.75, 3.05) is 19.7 Å². The van der Waals surface area contributed by atoms with Crippen molar-refractivity contribution in [3.05, 3.63) is 0 Å². The van der Waals surface area contributed by atoms with Crippen LogP contribution in [0.25, 0.3) is 0 Å². The molecule has 1 N–H and O–H groups in total. The molecule has 1 aliphatic heterocycles. The van der Waals surface area contributed by atoms with Crippen LogP contribution in [-0.4, -0.2) is 48.1 Å². The molecule has 0 bridgehead atoms. The van der Waals surface area contributed by atoms with Gasteiger partial charge in [0.15, 0.2) is 0 Å². The first-order chi connectivity index (χ1) is 10.9. The highest BCUT2D eigenvalue weighted by Gasteiger charge is 2.80. The standard InChI is InChI=1S/C18H30N2O3/c1-5-14-8-17(14)11-20(18(17)6-7-18)13(4)16(22)19-9-15(21)23-10-12(2)3/h12-14H,5-11H2,1-4H3,(H,19,22)/t13-,14?,17?/m1/s1. The summed E-state index contributed by atoms with van der Waals surface area (Å²) in [7, 11) is 0. The molecule has 1 heterocycles. The maximum absolute atomic E-state index is 12.4. The number of likely N-dealkylation sites (tertiary alicyclic amines) is 1.